The van der Waals surface area contributed by atoms with Gasteiger partial charge in [-0.05, 0) is 19.5 Å². The van der Waals surface area contributed by atoms with Crippen LogP contribution in [0.3, 0.4) is 0 Å². The maximum Gasteiger partial charge on any atom is 0.250 e. The van der Waals surface area contributed by atoms with E-state index in [1.165, 1.54) is 12.2 Å². The third-order valence-electron chi connectivity index (χ3n) is 1.04. The van der Waals surface area contributed by atoms with Gasteiger partial charge in [0.2, 0.25) is 0 Å². The van der Waals surface area contributed by atoms with Gasteiger partial charge in [-0.15, -0.1) is 0 Å². The van der Waals surface area contributed by atoms with Crippen molar-refractivity contribution in [1.29, 1.82) is 0 Å². The zero-order valence-electron chi connectivity index (χ0n) is 6.75. The van der Waals surface area contributed by atoms with Crippen molar-refractivity contribution in [2.24, 2.45) is 11.5 Å². The predicted molar refractivity (Wildman–Crippen MR) is 45.0 cm³/mol. The Morgan fingerprint density at radius 2 is 1.50 bits per heavy atom. The number of nitrogens with two attached hydrogens (primary N) is 2. The average molecular weight is 171 g/mol. The van der Waals surface area contributed by atoms with Gasteiger partial charge in [0.1, 0.15) is 0 Å². The van der Waals surface area contributed by atoms with Crippen molar-refractivity contribution in [2.45, 2.75) is 6.42 Å². The second-order valence-corrected chi connectivity index (χ2v) is 2.12. The maximum atomic E-state index is 10.0. The molecule has 1 aliphatic heterocycles. The first-order valence-electron chi connectivity index (χ1n) is 3.64. The highest BCUT2D eigenvalue weighted by Crippen LogP contribution is 1.82. The predicted octanol–water partition coefficient (Wildman–Crippen LogP) is -1.51. The Labute approximate surface area is 70.8 Å². The third-order valence-corrected chi connectivity index (χ3v) is 1.04. The molecule has 0 aromatic carbocycles. The molecule has 68 valence electrons. The summed E-state index contributed by atoms with van der Waals surface area (Å²) in [6.45, 7) is 1.44. The van der Waals surface area contributed by atoms with Gasteiger partial charge < -0.3 is 11.5 Å². The lowest BCUT2D eigenvalue weighted by atomic mass is 10.4. The summed E-state index contributed by atoms with van der Waals surface area (Å²) in [4.78, 5) is 20.1. The minimum atomic E-state index is -0.329. The van der Waals surface area contributed by atoms with E-state index in [1.807, 2.05) is 5.32 Å². The van der Waals surface area contributed by atoms with E-state index < -0.39 is 0 Å². The zero-order chi connectivity index (χ0) is 9.40. The van der Waals surface area contributed by atoms with Gasteiger partial charge in [-0.2, -0.15) is 0 Å². The van der Waals surface area contributed by atoms with Crippen molar-refractivity contribution in [1.82, 2.24) is 5.32 Å². The summed E-state index contributed by atoms with van der Waals surface area (Å²) in [5.41, 5.74) is 10.1. The standard InChI is InChI=1S/C4H3NO2.C3H10N2/c6-3-1-2-4(7)5-3;4-2-1-3-5/h1-2H,(H,5,6,7);1-5H2. The minimum Gasteiger partial charge on any atom is -0.330 e. The maximum absolute atomic E-state index is 10.0. The lowest BCUT2D eigenvalue weighted by Crippen LogP contribution is -2.19. The first kappa shape index (κ1) is 10.8. The fourth-order valence-electron chi connectivity index (χ4n) is 0.474. The lowest BCUT2D eigenvalue weighted by molar-refractivity contribution is -0.123. The largest absolute Gasteiger partial charge is 0.330 e. The fourth-order valence-corrected chi connectivity index (χ4v) is 0.474. The van der Waals surface area contributed by atoms with Crippen LogP contribution < -0.4 is 16.8 Å². The van der Waals surface area contributed by atoms with E-state index in [0.29, 0.717) is 0 Å². The summed E-state index contributed by atoms with van der Waals surface area (Å²) in [5.74, 6) is -0.657. The molecule has 0 aromatic heterocycles. The van der Waals surface area contributed by atoms with E-state index in [-0.39, 0.29) is 11.8 Å². The van der Waals surface area contributed by atoms with Gasteiger partial charge in [0.05, 0.1) is 0 Å². The Morgan fingerprint density at radius 3 is 1.58 bits per heavy atom. The Bertz CT molecular complexity index is 171. The molecule has 0 fully saturated rings. The summed E-state index contributed by atoms with van der Waals surface area (Å²) < 4.78 is 0. The molecule has 0 radical (unpaired) electrons. The molecular weight excluding hydrogens is 158 g/mol. The number of nitrogens with one attached hydrogen (secondary N) is 1. The molecule has 0 aliphatic carbocycles. The Morgan fingerprint density at radius 1 is 1.08 bits per heavy atom. The van der Waals surface area contributed by atoms with E-state index in [0.717, 1.165) is 19.5 Å². The second-order valence-electron chi connectivity index (χ2n) is 2.12. The molecule has 1 aliphatic rings. The molecule has 0 atom stereocenters. The third kappa shape index (κ3) is 5.57. The first-order valence-corrected chi connectivity index (χ1v) is 3.64. The van der Waals surface area contributed by atoms with Crippen LogP contribution in [-0.2, 0) is 9.59 Å². The van der Waals surface area contributed by atoms with Gasteiger partial charge in [-0.3, -0.25) is 14.9 Å². The zero-order valence-corrected chi connectivity index (χ0v) is 6.75. The topological polar surface area (TPSA) is 98.2 Å². The Hall–Kier alpha value is -1.20. The highest BCUT2D eigenvalue weighted by atomic mass is 16.2. The van der Waals surface area contributed by atoms with Crippen molar-refractivity contribution in [3.05, 3.63) is 12.2 Å². The van der Waals surface area contributed by atoms with Gasteiger partial charge in [0.15, 0.2) is 0 Å². The number of hydrogen-bond acceptors (Lipinski definition) is 4. The number of imide groups is 1. The monoisotopic (exact) mass is 171 g/mol. The van der Waals surface area contributed by atoms with Crippen LogP contribution in [0.25, 0.3) is 0 Å². The van der Waals surface area contributed by atoms with Gasteiger partial charge in [0, 0.05) is 12.2 Å². The second kappa shape index (κ2) is 6.51. The van der Waals surface area contributed by atoms with E-state index in [2.05, 4.69) is 0 Å². The normalized spacial score (nSPS) is 13.8. The number of hydrogen-bond donors (Lipinski definition) is 3. The highest BCUT2D eigenvalue weighted by molar-refractivity contribution is 6.12. The van der Waals surface area contributed by atoms with Crippen molar-refractivity contribution in [2.75, 3.05) is 13.1 Å². The first-order chi connectivity index (χ1) is 5.70. The SMILES string of the molecule is NCCCN.O=C1C=CC(=O)N1. The molecule has 2 amide bonds. The number of carbonyl (C=O) groups excluding carboxylic acids is 2. The van der Waals surface area contributed by atoms with Crippen LogP contribution >= 0.6 is 0 Å². The van der Waals surface area contributed by atoms with Gasteiger partial charge >= 0.3 is 0 Å². The Balaban J connectivity index is 0.000000217. The Kier molecular flexibility index (Phi) is 5.86. The highest BCUT2D eigenvalue weighted by Gasteiger charge is 2.06. The summed E-state index contributed by atoms with van der Waals surface area (Å²) in [7, 11) is 0. The van der Waals surface area contributed by atoms with E-state index in [4.69, 9.17) is 11.5 Å². The molecule has 5 N–H and O–H groups in total. The van der Waals surface area contributed by atoms with Gasteiger partial charge in [-0.1, -0.05) is 0 Å². The molecule has 5 nitrogen and oxygen atoms in total. The molecule has 1 heterocycles. The molecule has 1 rings (SSSR count). The molecule has 0 spiro atoms. The molecule has 5 heteroatoms. The smallest absolute Gasteiger partial charge is 0.250 e. The van der Waals surface area contributed by atoms with Crippen molar-refractivity contribution >= 4 is 11.8 Å². The van der Waals surface area contributed by atoms with Crippen LogP contribution in [0.5, 0.6) is 0 Å². The number of rotatable bonds is 2. The van der Waals surface area contributed by atoms with Crippen molar-refractivity contribution < 1.29 is 9.59 Å². The quantitative estimate of drug-likeness (QED) is 0.440. The molecular formula is C7H13N3O2. The summed E-state index contributed by atoms with van der Waals surface area (Å²) in [6, 6.07) is 0. The van der Waals surface area contributed by atoms with Crippen LogP contribution in [0.1, 0.15) is 6.42 Å². The van der Waals surface area contributed by atoms with E-state index in [1.54, 1.807) is 0 Å². The molecule has 12 heavy (non-hydrogen) atoms. The molecule has 0 bridgehead atoms. The van der Waals surface area contributed by atoms with Crippen LogP contribution in [0.2, 0.25) is 0 Å². The minimum absolute atomic E-state index is 0.329. The number of amides is 2. The molecule has 0 aromatic rings. The van der Waals surface area contributed by atoms with Crippen LogP contribution in [0.15, 0.2) is 12.2 Å². The fraction of sp³-hybridized carbons (Fsp3) is 0.429. The van der Waals surface area contributed by atoms with Gasteiger partial charge in [-0.25, -0.2) is 0 Å². The van der Waals surface area contributed by atoms with Crippen molar-refractivity contribution in [3.8, 4) is 0 Å². The summed E-state index contributed by atoms with van der Waals surface area (Å²) >= 11 is 0. The van der Waals surface area contributed by atoms with Crippen LogP contribution in [0, 0.1) is 0 Å². The van der Waals surface area contributed by atoms with Crippen LogP contribution in [-0.4, -0.2) is 24.9 Å². The molecule has 0 unspecified atom stereocenters. The number of carbonyl (C=O) groups is 2. The van der Waals surface area contributed by atoms with Crippen molar-refractivity contribution in [3.63, 3.8) is 0 Å². The summed E-state index contributed by atoms with van der Waals surface area (Å²) in [5, 5.41) is 2.03. The lowest BCUT2D eigenvalue weighted by Gasteiger charge is -1.81. The van der Waals surface area contributed by atoms with E-state index in [9.17, 15) is 9.59 Å². The van der Waals surface area contributed by atoms with Gasteiger partial charge in [0.25, 0.3) is 11.8 Å². The average Bonchev–Trinajstić information content (AvgIpc) is 2.38. The molecule has 0 saturated carbocycles. The summed E-state index contributed by atoms with van der Waals surface area (Å²) in [6.07, 6.45) is 3.34. The molecule has 0 saturated heterocycles. The van der Waals surface area contributed by atoms with E-state index >= 15 is 0 Å². The van der Waals surface area contributed by atoms with Crippen LogP contribution in [0.4, 0.5) is 0 Å².